The van der Waals surface area contributed by atoms with Gasteiger partial charge in [0.2, 0.25) is 18.3 Å². The predicted molar refractivity (Wildman–Crippen MR) is 197 cm³/mol. The van der Waals surface area contributed by atoms with Crippen molar-refractivity contribution in [1.29, 1.82) is 0 Å². The molecule has 16 atom stereocenters. The molecule has 0 radical (unpaired) electrons. The lowest BCUT2D eigenvalue weighted by molar-refractivity contribution is -0.324. The quantitative estimate of drug-likeness (QED) is 0.0646. The highest BCUT2D eigenvalue weighted by atomic mass is 16.7. The molecule has 0 amide bonds. The smallest absolute Gasteiger partial charge is 0.317 e. The van der Waals surface area contributed by atoms with Crippen LogP contribution < -0.4 is 18.9 Å². The number of methoxy groups -OCH3 is 2. The Morgan fingerprint density at radius 2 is 1.19 bits per heavy atom. The summed E-state index contributed by atoms with van der Waals surface area (Å²) in [6, 6.07) is 4.86. The number of rotatable bonds is 14. The number of aromatic hydroxyl groups is 2. The van der Waals surface area contributed by atoms with E-state index in [2.05, 4.69) is 0 Å². The Bertz CT molecular complexity index is 1920. The molecule has 0 saturated carbocycles. The molecule has 4 heterocycles. The van der Waals surface area contributed by atoms with Crippen molar-refractivity contribution >= 4 is 18.0 Å². The summed E-state index contributed by atoms with van der Waals surface area (Å²) in [6.07, 6.45) is -26.8. The molecule has 4 aliphatic heterocycles. The standard InChI is InChI=1S/C38H48O24/c1-12-25(43)29(47)32(50)36(57-12)56-11-22-28(46)31(49)34(52)38(62-22)60-20-8-15-16(58-35(20)13-4-18(53-2)26(44)19(5-13)54-3)6-14(39)7-17(15)59-37-33(51)30(48)27(45)21(61-37)10-55-24(42)9-23(40)41/h4-8,12,21-22,25,27-39,43-52H,9-11H2,1-3H3,(H,40,41). The molecule has 3 fully saturated rings. The van der Waals surface area contributed by atoms with Gasteiger partial charge in [-0.3, -0.25) is 9.59 Å². The number of hydrogen-bond acceptors (Lipinski definition) is 23. The summed E-state index contributed by atoms with van der Waals surface area (Å²) < 4.78 is 56.3. The van der Waals surface area contributed by atoms with Gasteiger partial charge in [-0.15, -0.1) is 0 Å². The lowest BCUT2D eigenvalue weighted by Gasteiger charge is -2.43. The zero-order chi connectivity index (χ0) is 45.3. The number of fused-ring (bicyclic) bond motifs is 1. The van der Waals surface area contributed by atoms with Crippen molar-refractivity contribution in [3.8, 4) is 34.5 Å². The Morgan fingerprint density at radius 1 is 0.645 bits per heavy atom. The number of aliphatic hydroxyl groups is 9. The third kappa shape index (κ3) is 9.71. The number of esters is 1. The zero-order valence-corrected chi connectivity index (χ0v) is 33.0. The molecule has 16 unspecified atom stereocenters. The largest absolute Gasteiger partial charge is 0.508 e. The first kappa shape index (κ1) is 46.7. The van der Waals surface area contributed by atoms with E-state index in [0.29, 0.717) is 0 Å². The maximum absolute atomic E-state index is 11.9. The van der Waals surface area contributed by atoms with Crippen molar-refractivity contribution in [3.63, 3.8) is 0 Å². The van der Waals surface area contributed by atoms with Crippen LogP contribution in [0.4, 0.5) is 0 Å². The van der Waals surface area contributed by atoms with E-state index in [9.17, 15) is 65.8 Å². The second-order valence-electron chi connectivity index (χ2n) is 14.7. The van der Waals surface area contributed by atoms with Gasteiger partial charge >= 0.3 is 11.9 Å². The maximum atomic E-state index is 11.9. The second-order valence-corrected chi connectivity index (χ2v) is 14.7. The highest BCUT2D eigenvalue weighted by Crippen LogP contribution is 2.48. The van der Waals surface area contributed by atoms with Gasteiger partial charge in [0.1, 0.15) is 103 Å². The van der Waals surface area contributed by atoms with Crippen LogP contribution in [0.1, 0.15) is 30.6 Å². The van der Waals surface area contributed by atoms with Gasteiger partial charge in [0.05, 0.1) is 32.5 Å². The first-order valence-electron chi connectivity index (χ1n) is 18.9. The topological polar surface area (TPSA) is 369 Å². The Kier molecular flexibility index (Phi) is 14.5. The summed E-state index contributed by atoms with van der Waals surface area (Å²) in [5, 5.41) is 126. The molecule has 0 spiro atoms. The summed E-state index contributed by atoms with van der Waals surface area (Å²) in [5.41, 5.74) is 0.100. The van der Waals surface area contributed by atoms with E-state index in [0.717, 1.165) is 12.1 Å². The Hall–Kier alpha value is -4.80. The number of benzene rings is 2. The van der Waals surface area contributed by atoms with E-state index in [1.807, 2.05) is 0 Å². The first-order valence-corrected chi connectivity index (χ1v) is 18.9. The fourth-order valence-corrected chi connectivity index (χ4v) is 6.97. The SMILES string of the molecule is COc1cc(C2Oc3cc(O)cc(OC4OC(COC(=O)CC(=O)O)C(O)C(O)C4O)c3C=C2OC2OC(COC3OC(C)C(O)C(O)C3O)C(O)C(O)C2O)cc(OC)c1O. The number of carboxylic acid groups (broad SMARTS) is 1. The van der Waals surface area contributed by atoms with Gasteiger partial charge in [0.25, 0.3) is 0 Å². The van der Waals surface area contributed by atoms with Crippen LogP contribution in [0, 0.1) is 0 Å². The normalized spacial score (nSPS) is 35.7. The minimum absolute atomic E-state index is 0.0586. The summed E-state index contributed by atoms with van der Waals surface area (Å²) >= 11 is 0. The average molecular weight is 889 g/mol. The van der Waals surface area contributed by atoms with Crippen LogP contribution in [0.25, 0.3) is 6.08 Å². The van der Waals surface area contributed by atoms with E-state index in [1.54, 1.807) is 0 Å². The van der Waals surface area contributed by atoms with Crippen molar-refractivity contribution in [1.82, 2.24) is 0 Å². The zero-order valence-electron chi connectivity index (χ0n) is 33.0. The van der Waals surface area contributed by atoms with Crippen molar-refractivity contribution in [3.05, 3.63) is 41.2 Å². The number of phenolic OH excluding ortho intramolecular Hbond substituents is 2. The van der Waals surface area contributed by atoms with Crippen LogP contribution in [0.3, 0.4) is 0 Å². The number of phenols is 2. The molecule has 24 heteroatoms. The Labute approximate surface area is 350 Å². The van der Waals surface area contributed by atoms with E-state index in [-0.39, 0.29) is 39.9 Å². The first-order chi connectivity index (χ1) is 29.3. The molecule has 0 bridgehead atoms. The molecule has 344 valence electrons. The Morgan fingerprint density at radius 3 is 1.77 bits per heavy atom. The molecular weight excluding hydrogens is 840 g/mol. The van der Waals surface area contributed by atoms with Crippen LogP contribution in [0.2, 0.25) is 0 Å². The lowest BCUT2D eigenvalue weighted by atomic mass is 9.98. The molecule has 6 rings (SSSR count). The third-order valence-corrected chi connectivity index (χ3v) is 10.5. The van der Waals surface area contributed by atoms with E-state index < -0.39 is 141 Å². The molecule has 24 nitrogen and oxygen atoms in total. The van der Waals surface area contributed by atoms with Crippen molar-refractivity contribution < 1.29 is 118 Å². The maximum Gasteiger partial charge on any atom is 0.317 e. The number of carboxylic acids is 1. The average Bonchev–Trinajstić information content (AvgIpc) is 3.23. The van der Waals surface area contributed by atoms with E-state index in [4.69, 9.17) is 52.5 Å². The number of hydrogen-bond donors (Lipinski definition) is 12. The van der Waals surface area contributed by atoms with Gasteiger partial charge in [-0.1, -0.05) is 0 Å². The predicted octanol–water partition coefficient (Wildman–Crippen LogP) is -3.54. The molecule has 4 aliphatic rings. The van der Waals surface area contributed by atoms with Gasteiger partial charge in [-0.05, 0) is 25.1 Å². The number of aliphatic hydroxyl groups excluding tert-OH is 9. The van der Waals surface area contributed by atoms with Gasteiger partial charge < -0.3 is 109 Å². The Balaban J connectivity index is 1.33. The van der Waals surface area contributed by atoms with Crippen LogP contribution >= 0.6 is 0 Å². The molecule has 12 N–H and O–H groups in total. The van der Waals surface area contributed by atoms with Gasteiger partial charge in [0.15, 0.2) is 23.9 Å². The summed E-state index contributed by atoms with van der Waals surface area (Å²) in [4.78, 5) is 22.8. The second kappa shape index (κ2) is 19.3. The van der Waals surface area contributed by atoms with Gasteiger partial charge in [-0.25, -0.2) is 0 Å². The molecule has 3 saturated heterocycles. The lowest BCUT2D eigenvalue weighted by Crippen LogP contribution is -2.61. The fourth-order valence-electron chi connectivity index (χ4n) is 6.97. The molecule has 2 aromatic rings. The fraction of sp³-hybridized carbons (Fsp3) is 0.579. The highest BCUT2D eigenvalue weighted by Gasteiger charge is 2.49. The van der Waals surface area contributed by atoms with Crippen LogP contribution in [-0.2, 0) is 38.0 Å². The van der Waals surface area contributed by atoms with Crippen molar-refractivity contribution in [2.75, 3.05) is 27.4 Å². The van der Waals surface area contributed by atoms with Crippen molar-refractivity contribution in [2.45, 2.75) is 112 Å². The van der Waals surface area contributed by atoms with Gasteiger partial charge in [0, 0.05) is 17.7 Å². The van der Waals surface area contributed by atoms with Crippen molar-refractivity contribution in [2.24, 2.45) is 0 Å². The minimum atomic E-state index is -1.97. The monoisotopic (exact) mass is 888 g/mol. The van der Waals surface area contributed by atoms with Crippen LogP contribution in [0.5, 0.6) is 34.5 Å². The number of carbonyl (C=O) groups is 2. The van der Waals surface area contributed by atoms with E-state index >= 15 is 0 Å². The molecule has 0 aliphatic carbocycles. The molecular formula is C38H48O24. The summed E-state index contributed by atoms with van der Waals surface area (Å²) in [5.74, 6) is -4.45. The van der Waals surface area contributed by atoms with Crippen LogP contribution in [-0.4, -0.2) is 193 Å². The van der Waals surface area contributed by atoms with E-state index in [1.165, 1.54) is 39.4 Å². The van der Waals surface area contributed by atoms with Gasteiger partial charge in [-0.2, -0.15) is 0 Å². The number of aliphatic carboxylic acids is 1. The molecule has 62 heavy (non-hydrogen) atoms. The highest BCUT2D eigenvalue weighted by molar-refractivity contribution is 5.90. The number of ether oxygens (including phenoxy) is 10. The molecule has 2 aromatic carbocycles. The molecule has 0 aromatic heterocycles. The third-order valence-electron chi connectivity index (χ3n) is 10.5. The number of carbonyl (C=O) groups excluding carboxylic acids is 1. The summed E-state index contributed by atoms with van der Waals surface area (Å²) in [6.45, 7) is 0.0156. The van der Waals surface area contributed by atoms with Crippen LogP contribution in [0.15, 0.2) is 30.0 Å². The minimum Gasteiger partial charge on any atom is -0.508 e. The summed E-state index contributed by atoms with van der Waals surface area (Å²) in [7, 11) is 2.52.